The second kappa shape index (κ2) is 8.16. The van der Waals surface area contributed by atoms with E-state index in [1.165, 1.54) is 36.9 Å². The van der Waals surface area contributed by atoms with Gasteiger partial charge in [0.05, 0.1) is 6.61 Å². The highest BCUT2D eigenvalue weighted by molar-refractivity contribution is 9.10. The minimum Gasteiger partial charge on any atom is -0.395 e. The molecule has 0 heterocycles. The SMILES string of the molecule is CCNC(C)c1cc(Br)ccc1N(CCO)C1CCCC1. The highest BCUT2D eigenvalue weighted by Crippen LogP contribution is 2.34. The van der Waals surface area contributed by atoms with Crippen molar-refractivity contribution in [3.8, 4) is 0 Å². The maximum absolute atomic E-state index is 9.48. The third kappa shape index (κ3) is 4.21. The van der Waals surface area contributed by atoms with Crippen molar-refractivity contribution >= 4 is 21.6 Å². The second-order valence-corrected chi connectivity index (χ2v) is 6.75. The number of aliphatic hydroxyl groups is 1. The minimum absolute atomic E-state index is 0.210. The summed E-state index contributed by atoms with van der Waals surface area (Å²) in [4.78, 5) is 2.42. The Bertz CT molecular complexity index is 446. The van der Waals surface area contributed by atoms with Crippen molar-refractivity contribution in [2.75, 3.05) is 24.6 Å². The Balaban J connectivity index is 2.33. The van der Waals surface area contributed by atoms with E-state index < -0.39 is 0 Å². The highest BCUT2D eigenvalue weighted by atomic mass is 79.9. The van der Waals surface area contributed by atoms with E-state index in [2.05, 4.69) is 58.2 Å². The van der Waals surface area contributed by atoms with Gasteiger partial charge >= 0.3 is 0 Å². The summed E-state index contributed by atoms with van der Waals surface area (Å²) in [7, 11) is 0. The molecule has 2 N–H and O–H groups in total. The van der Waals surface area contributed by atoms with Crippen molar-refractivity contribution < 1.29 is 5.11 Å². The van der Waals surface area contributed by atoms with Crippen molar-refractivity contribution in [3.63, 3.8) is 0 Å². The highest BCUT2D eigenvalue weighted by Gasteiger charge is 2.25. The molecule has 21 heavy (non-hydrogen) atoms. The maximum Gasteiger partial charge on any atom is 0.0606 e. The van der Waals surface area contributed by atoms with Crippen LogP contribution in [0.3, 0.4) is 0 Å². The Morgan fingerprint density at radius 3 is 2.71 bits per heavy atom. The van der Waals surface area contributed by atoms with E-state index >= 15 is 0 Å². The van der Waals surface area contributed by atoms with Crippen molar-refractivity contribution in [2.45, 2.75) is 51.6 Å². The Hall–Kier alpha value is -0.580. The third-order valence-corrected chi connectivity index (χ3v) is 4.88. The minimum atomic E-state index is 0.210. The smallest absolute Gasteiger partial charge is 0.0606 e. The van der Waals surface area contributed by atoms with Crippen LogP contribution in [0.5, 0.6) is 0 Å². The maximum atomic E-state index is 9.48. The molecule has 0 aliphatic heterocycles. The van der Waals surface area contributed by atoms with Crippen LogP contribution in [0.15, 0.2) is 22.7 Å². The summed E-state index contributed by atoms with van der Waals surface area (Å²) in [6, 6.07) is 7.40. The molecule has 4 heteroatoms. The monoisotopic (exact) mass is 354 g/mol. The molecule has 1 aliphatic carbocycles. The fourth-order valence-electron chi connectivity index (χ4n) is 3.37. The summed E-state index contributed by atoms with van der Waals surface area (Å²) in [5, 5.41) is 13.0. The largest absolute Gasteiger partial charge is 0.395 e. The van der Waals surface area contributed by atoms with Crippen LogP contribution in [0.4, 0.5) is 5.69 Å². The zero-order chi connectivity index (χ0) is 15.2. The van der Waals surface area contributed by atoms with Gasteiger partial charge in [-0.3, -0.25) is 0 Å². The van der Waals surface area contributed by atoms with Gasteiger partial charge in [-0.25, -0.2) is 0 Å². The molecule has 0 bridgehead atoms. The van der Waals surface area contributed by atoms with Gasteiger partial charge in [-0.1, -0.05) is 35.7 Å². The summed E-state index contributed by atoms with van der Waals surface area (Å²) >= 11 is 3.59. The van der Waals surface area contributed by atoms with Crippen molar-refractivity contribution in [2.24, 2.45) is 0 Å². The van der Waals surface area contributed by atoms with Crippen LogP contribution in [-0.2, 0) is 0 Å². The Labute approximate surface area is 136 Å². The lowest BCUT2D eigenvalue weighted by molar-refractivity contribution is 0.297. The Kier molecular flexibility index (Phi) is 6.52. The average Bonchev–Trinajstić information content (AvgIpc) is 2.99. The summed E-state index contributed by atoms with van der Waals surface area (Å²) in [6.45, 7) is 6.23. The Morgan fingerprint density at radius 2 is 2.10 bits per heavy atom. The van der Waals surface area contributed by atoms with Crippen LogP contribution in [-0.4, -0.2) is 30.8 Å². The molecule has 1 aliphatic rings. The molecule has 1 aromatic carbocycles. The fraction of sp³-hybridized carbons (Fsp3) is 0.647. The normalized spacial score (nSPS) is 17.1. The number of hydrogen-bond acceptors (Lipinski definition) is 3. The molecule has 3 nitrogen and oxygen atoms in total. The van der Waals surface area contributed by atoms with Gasteiger partial charge in [-0.05, 0) is 50.1 Å². The van der Waals surface area contributed by atoms with Crippen LogP contribution in [0, 0.1) is 0 Å². The van der Waals surface area contributed by atoms with Crippen molar-refractivity contribution in [3.05, 3.63) is 28.2 Å². The van der Waals surface area contributed by atoms with Gasteiger partial charge in [-0.2, -0.15) is 0 Å². The molecule has 1 atom stereocenters. The molecule has 118 valence electrons. The number of hydrogen-bond donors (Lipinski definition) is 2. The van der Waals surface area contributed by atoms with Gasteiger partial charge < -0.3 is 15.3 Å². The lowest BCUT2D eigenvalue weighted by atomic mass is 10.0. The number of halogens is 1. The Morgan fingerprint density at radius 1 is 1.38 bits per heavy atom. The molecule has 1 saturated carbocycles. The molecule has 0 radical (unpaired) electrons. The quantitative estimate of drug-likeness (QED) is 0.780. The van der Waals surface area contributed by atoms with Gasteiger partial charge in [0.15, 0.2) is 0 Å². The standard InChI is InChI=1S/C17H27BrN2O/c1-3-19-13(2)16-12-14(18)8-9-17(16)20(10-11-21)15-6-4-5-7-15/h8-9,12-13,15,19,21H,3-7,10-11H2,1-2H3. The zero-order valence-corrected chi connectivity index (χ0v) is 14.7. The third-order valence-electron chi connectivity index (χ3n) is 4.38. The topological polar surface area (TPSA) is 35.5 Å². The van der Waals surface area contributed by atoms with E-state index in [9.17, 15) is 5.11 Å². The molecular weight excluding hydrogens is 328 g/mol. The summed E-state index contributed by atoms with van der Waals surface area (Å²) < 4.78 is 1.11. The van der Waals surface area contributed by atoms with Crippen LogP contribution in [0.1, 0.15) is 51.1 Å². The molecule has 0 aromatic heterocycles. The van der Waals surface area contributed by atoms with Crippen LogP contribution in [0.25, 0.3) is 0 Å². The molecule has 0 spiro atoms. The predicted molar refractivity (Wildman–Crippen MR) is 92.9 cm³/mol. The van der Waals surface area contributed by atoms with Gasteiger partial charge in [0.2, 0.25) is 0 Å². The van der Waals surface area contributed by atoms with Crippen molar-refractivity contribution in [1.29, 1.82) is 0 Å². The van der Waals surface area contributed by atoms with Crippen molar-refractivity contribution in [1.82, 2.24) is 5.32 Å². The molecule has 1 fully saturated rings. The lowest BCUT2D eigenvalue weighted by Crippen LogP contribution is -2.37. The summed E-state index contributed by atoms with van der Waals surface area (Å²) in [5.74, 6) is 0. The van der Waals surface area contributed by atoms with E-state index in [0.29, 0.717) is 12.1 Å². The molecule has 0 amide bonds. The summed E-state index contributed by atoms with van der Waals surface area (Å²) in [5.41, 5.74) is 2.58. The van der Waals surface area contributed by atoms with Crippen LogP contribution in [0.2, 0.25) is 0 Å². The number of anilines is 1. The number of nitrogens with one attached hydrogen (secondary N) is 1. The molecule has 2 rings (SSSR count). The van der Waals surface area contributed by atoms with Gasteiger partial charge in [0, 0.05) is 28.8 Å². The number of nitrogens with zero attached hydrogens (tertiary/aromatic N) is 1. The van der Waals surface area contributed by atoms with E-state index in [4.69, 9.17) is 0 Å². The number of benzene rings is 1. The second-order valence-electron chi connectivity index (χ2n) is 5.84. The van der Waals surface area contributed by atoms with E-state index in [1.807, 2.05) is 0 Å². The van der Waals surface area contributed by atoms with E-state index in [1.54, 1.807) is 0 Å². The summed E-state index contributed by atoms with van der Waals surface area (Å²) in [6.07, 6.45) is 5.10. The number of rotatable bonds is 7. The molecule has 1 aromatic rings. The zero-order valence-electron chi connectivity index (χ0n) is 13.1. The van der Waals surface area contributed by atoms with Crippen LogP contribution < -0.4 is 10.2 Å². The molecule has 0 saturated heterocycles. The van der Waals surface area contributed by atoms with E-state index in [0.717, 1.165) is 17.6 Å². The first-order chi connectivity index (χ1) is 10.2. The van der Waals surface area contributed by atoms with Gasteiger partial charge in [0.1, 0.15) is 0 Å². The number of aliphatic hydroxyl groups excluding tert-OH is 1. The average molecular weight is 355 g/mol. The van der Waals surface area contributed by atoms with Crippen LogP contribution >= 0.6 is 15.9 Å². The lowest BCUT2D eigenvalue weighted by Gasteiger charge is -2.34. The van der Waals surface area contributed by atoms with Gasteiger partial charge in [-0.15, -0.1) is 0 Å². The predicted octanol–water partition coefficient (Wildman–Crippen LogP) is 3.86. The first kappa shape index (κ1) is 16.8. The molecular formula is C17H27BrN2O. The fourth-order valence-corrected chi connectivity index (χ4v) is 3.75. The first-order valence-corrected chi connectivity index (χ1v) is 8.87. The first-order valence-electron chi connectivity index (χ1n) is 8.07. The van der Waals surface area contributed by atoms with E-state index in [-0.39, 0.29) is 6.61 Å². The molecule has 1 unspecified atom stereocenters. The van der Waals surface area contributed by atoms with Gasteiger partial charge in [0.25, 0.3) is 0 Å².